The molecule has 0 fully saturated rings. The molecule has 2 rings (SSSR count). The first-order valence-electron chi connectivity index (χ1n) is 4.40. The molecule has 102 valence electrons. The molecule has 0 saturated carbocycles. The van der Waals surface area contributed by atoms with E-state index in [2.05, 4.69) is 3.07 Å². The van der Waals surface area contributed by atoms with E-state index in [1.165, 1.54) is 6.07 Å². The van der Waals surface area contributed by atoms with E-state index in [9.17, 15) is 26.3 Å². The quantitative estimate of drug-likeness (QED) is 0.447. The predicted octanol–water partition coefficient (Wildman–Crippen LogP) is 4.78. The standard InChI is InChI=1S/C9H4ClF6IO/c10-17-6-4-2-1-3-5(6)7(18-17,8(11,12)13)9(14,15)16/h1-4H. The van der Waals surface area contributed by atoms with Crippen LogP contribution in [0.2, 0.25) is 0 Å². The summed E-state index contributed by atoms with van der Waals surface area (Å²) in [6.45, 7) is 0. The van der Waals surface area contributed by atoms with Crippen LogP contribution in [0.5, 0.6) is 0 Å². The molecule has 0 radical (unpaired) electrons. The Morgan fingerprint density at radius 2 is 1.50 bits per heavy atom. The van der Waals surface area contributed by atoms with Crippen molar-refractivity contribution in [2.24, 2.45) is 0 Å². The van der Waals surface area contributed by atoms with Gasteiger partial charge in [0.15, 0.2) is 0 Å². The van der Waals surface area contributed by atoms with Crippen molar-refractivity contribution in [3.8, 4) is 0 Å². The average molecular weight is 404 g/mol. The molecule has 0 spiro atoms. The van der Waals surface area contributed by atoms with Crippen LogP contribution >= 0.6 is 28.0 Å². The second-order valence-corrected chi connectivity index (χ2v) is 7.97. The zero-order valence-electron chi connectivity index (χ0n) is 8.24. The number of halogens is 8. The molecule has 0 aromatic heterocycles. The minimum atomic E-state index is -5.61. The van der Waals surface area contributed by atoms with Gasteiger partial charge in [0.1, 0.15) is 0 Å². The van der Waals surface area contributed by atoms with Crippen LogP contribution in [0.25, 0.3) is 0 Å². The summed E-state index contributed by atoms with van der Waals surface area (Å²) in [4.78, 5) is 0. The van der Waals surface area contributed by atoms with E-state index in [1.54, 1.807) is 0 Å². The number of alkyl halides is 6. The van der Waals surface area contributed by atoms with Crippen LogP contribution in [0.3, 0.4) is 0 Å². The molecule has 0 amide bonds. The van der Waals surface area contributed by atoms with E-state index in [0.29, 0.717) is 0 Å². The molecular formula is C9H4ClF6IO. The van der Waals surface area contributed by atoms with Crippen molar-refractivity contribution < 1.29 is 29.4 Å². The summed E-state index contributed by atoms with van der Waals surface area (Å²) >= 11 is -3.43. The fourth-order valence-electron chi connectivity index (χ4n) is 1.61. The summed E-state index contributed by atoms with van der Waals surface area (Å²) in [7, 11) is 5.57. The number of hydrogen-bond acceptors (Lipinski definition) is 1. The van der Waals surface area contributed by atoms with E-state index >= 15 is 0 Å². The topological polar surface area (TPSA) is 9.23 Å². The van der Waals surface area contributed by atoms with Gasteiger partial charge < -0.3 is 0 Å². The number of hydrogen-bond donors (Lipinski definition) is 0. The van der Waals surface area contributed by atoms with Gasteiger partial charge in [-0.3, -0.25) is 0 Å². The Balaban J connectivity index is 2.74. The van der Waals surface area contributed by atoms with Gasteiger partial charge in [-0.2, -0.15) is 0 Å². The number of benzene rings is 1. The Labute approximate surface area is 109 Å². The molecular weight excluding hydrogens is 400 g/mol. The van der Waals surface area contributed by atoms with Crippen molar-refractivity contribution in [1.82, 2.24) is 0 Å². The molecule has 0 N–H and O–H groups in total. The van der Waals surface area contributed by atoms with Crippen molar-refractivity contribution in [3.63, 3.8) is 0 Å². The maximum atomic E-state index is 12.9. The third kappa shape index (κ3) is 1.80. The van der Waals surface area contributed by atoms with Crippen LogP contribution in [0.1, 0.15) is 5.56 Å². The fraction of sp³-hybridized carbons (Fsp3) is 0.333. The molecule has 0 aliphatic carbocycles. The van der Waals surface area contributed by atoms with Gasteiger partial charge in [-0.1, -0.05) is 0 Å². The zero-order chi connectivity index (χ0) is 13.8. The summed E-state index contributed by atoms with van der Waals surface area (Å²) < 4.78 is 81.4. The fourth-order valence-corrected chi connectivity index (χ4v) is 6.10. The van der Waals surface area contributed by atoms with Gasteiger partial charge in [-0.05, 0) is 0 Å². The maximum absolute atomic E-state index is 12.9. The van der Waals surface area contributed by atoms with E-state index in [0.717, 1.165) is 18.2 Å². The molecule has 0 bridgehead atoms. The van der Waals surface area contributed by atoms with Crippen LogP contribution in [0.15, 0.2) is 24.3 Å². The molecule has 18 heavy (non-hydrogen) atoms. The summed E-state index contributed by atoms with van der Waals surface area (Å²) in [5.41, 5.74) is -5.23. The van der Waals surface area contributed by atoms with Crippen LogP contribution in [0.4, 0.5) is 26.3 Å². The predicted molar refractivity (Wildman–Crippen MR) is 59.9 cm³/mol. The van der Waals surface area contributed by atoms with Crippen molar-refractivity contribution >= 4 is 28.0 Å². The molecule has 1 aliphatic rings. The van der Waals surface area contributed by atoms with Gasteiger partial charge in [-0.15, -0.1) is 0 Å². The Kier molecular flexibility index (Phi) is 3.26. The molecule has 1 aromatic carbocycles. The molecule has 1 nitrogen and oxygen atoms in total. The average Bonchev–Trinajstić information content (AvgIpc) is 2.52. The SMILES string of the molecule is FC(F)(F)C1(C(F)(F)F)OI(Cl)c2ccccc21. The second kappa shape index (κ2) is 4.14. The summed E-state index contributed by atoms with van der Waals surface area (Å²) in [5.74, 6) is 0. The van der Waals surface area contributed by atoms with Crippen molar-refractivity contribution in [2.75, 3.05) is 0 Å². The van der Waals surface area contributed by atoms with E-state index in [-0.39, 0.29) is 3.57 Å². The van der Waals surface area contributed by atoms with Gasteiger partial charge in [0.2, 0.25) is 0 Å². The minimum absolute atomic E-state index is 0.169. The van der Waals surface area contributed by atoms with Gasteiger partial charge in [-0.25, -0.2) is 0 Å². The third-order valence-corrected chi connectivity index (χ3v) is 6.72. The normalized spacial score (nSPS) is 20.9. The van der Waals surface area contributed by atoms with Crippen molar-refractivity contribution in [2.45, 2.75) is 18.0 Å². The Bertz CT molecular complexity index is 457. The number of fused-ring (bicyclic) bond motifs is 1. The molecule has 0 saturated heterocycles. The Morgan fingerprint density at radius 1 is 1.00 bits per heavy atom. The molecule has 0 atom stereocenters. The number of rotatable bonds is 0. The van der Waals surface area contributed by atoms with Gasteiger partial charge in [0, 0.05) is 0 Å². The van der Waals surface area contributed by atoms with Crippen molar-refractivity contribution in [1.29, 1.82) is 0 Å². The van der Waals surface area contributed by atoms with Crippen LogP contribution < -0.4 is 0 Å². The molecule has 0 unspecified atom stereocenters. The first-order valence-corrected chi connectivity index (χ1v) is 9.09. The molecule has 1 aromatic rings. The molecule has 9 heteroatoms. The van der Waals surface area contributed by atoms with Gasteiger partial charge >= 0.3 is 109 Å². The van der Waals surface area contributed by atoms with Gasteiger partial charge in [0.25, 0.3) is 0 Å². The first kappa shape index (κ1) is 14.2. The third-order valence-electron chi connectivity index (χ3n) is 2.40. The van der Waals surface area contributed by atoms with E-state index in [1.807, 2.05) is 0 Å². The van der Waals surface area contributed by atoms with Crippen molar-refractivity contribution in [3.05, 3.63) is 33.4 Å². The molecule has 1 heterocycles. The summed E-state index contributed by atoms with van der Waals surface area (Å²) in [5, 5.41) is 0. The van der Waals surface area contributed by atoms with E-state index < -0.39 is 42.6 Å². The molecule has 1 aliphatic heterocycles. The Hall–Kier alpha value is -0.220. The van der Waals surface area contributed by atoms with Crippen LogP contribution in [-0.4, -0.2) is 12.4 Å². The van der Waals surface area contributed by atoms with Gasteiger partial charge in [0.05, 0.1) is 0 Å². The van der Waals surface area contributed by atoms with Crippen LogP contribution in [0, 0.1) is 3.57 Å². The summed E-state index contributed by atoms with van der Waals surface area (Å²) in [6, 6.07) is 4.33. The van der Waals surface area contributed by atoms with Crippen LogP contribution in [-0.2, 0) is 8.67 Å². The zero-order valence-corrected chi connectivity index (χ0v) is 11.2. The monoisotopic (exact) mass is 404 g/mol. The second-order valence-electron chi connectivity index (χ2n) is 3.44. The first-order chi connectivity index (χ1) is 8.11. The van der Waals surface area contributed by atoms with E-state index in [4.69, 9.17) is 8.91 Å². The summed E-state index contributed by atoms with van der Waals surface area (Å²) in [6.07, 6.45) is -11.2. The Morgan fingerprint density at radius 3 is 2.00 bits per heavy atom.